The third-order valence-electron chi connectivity index (χ3n) is 6.42. The van der Waals surface area contributed by atoms with E-state index in [1.54, 1.807) is 4.90 Å². The van der Waals surface area contributed by atoms with Gasteiger partial charge >= 0.3 is 0 Å². The molecule has 3 amide bonds. The lowest BCUT2D eigenvalue weighted by Crippen LogP contribution is -2.46. The molecular formula is C22H29N3O3. The zero-order chi connectivity index (χ0) is 19.5. The molecule has 0 spiro atoms. The average Bonchev–Trinajstić information content (AvgIpc) is 3.38. The van der Waals surface area contributed by atoms with Gasteiger partial charge in [-0.05, 0) is 37.8 Å². The fourth-order valence-corrected chi connectivity index (χ4v) is 4.74. The fraction of sp³-hybridized carbons (Fsp3) is 0.591. The van der Waals surface area contributed by atoms with Gasteiger partial charge in [-0.25, -0.2) is 0 Å². The van der Waals surface area contributed by atoms with Crippen LogP contribution >= 0.6 is 0 Å². The zero-order valence-corrected chi connectivity index (χ0v) is 16.3. The van der Waals surface area contributed by atoms with Gasteiger partial charge in [0.2, 0.25) is 17.7 Å². The van der Waals surface area contributed by atoms with E-state index in [1.165, 1.54) is 12.8 Å². The van der Waals surface area contributed by atoms with Crippen molar-refractivity contribution in [2.24, 2.45) is 11.8 Å². The van der Waals surface area contributed by atoms with Crippen molar-refractivity contribution in [2.45, 2.75) is 51.0 Å². The van der Waals surface area contributed by atoms with Crippen molar-refractivity contribution in [2.75, 3.05) is 24.5 Å². The predicted molar refractivity (Wildman–Crippen MR) is 107 cm³/mol. The Morgan fingerprint density at radius 1 is 0.929 bits per heavy atom. The predicted octanol–water partition coefficient (Wildman–Crippen LogP) is 2.34. The number of benzene rings is 1. The fourth-order valence-electron chi connectivity index (χ4n) is 4.74. The number of rotatable bonds is 4. The minimum Gasteiger partial charge on any atom is -0.353 e. The quantitative estimate of drug-likeness (QED) is 0.868. The number of carbonyl (C=O) groups is 3. The van der Waals surface area contributed by atoms with Crippen LogP contribution in [-0.2, 0) is 14.4 Å². The van der Waals surface area contributed by atoms with Gasteiger partial charge in [-0.3, -0.25) is 14.4 Å². The molecule has 1 saturated carbocycles. The monoisotopic (exact) mass is 383 g/mol. The first-order valence-electron chi connectivity index (χ1n) is 10.6. The van der Waals surface area contributed by atoms with E-state index in [2.05, 4.69) is 5.32 Å². The highest BCUT2D eigenvalue weighted by atomic mass is 16.2. The number of hydrogen-bond donors (Lipinski definition) is 1. The van der Waals surface area contributed by atoms with Crippen LogP contribution in [0.15, 0.2) is 30.3 Å². The van der Waals surface area contributed by atoms with Crippen LogP contribution in [0.4, 0.5) is 5.69 Å². The van der Waals surface area contributed by atoms with E-state index < -0.39 is 0 Å². The molecule has 0 bridgehead atoms. The number of likely N-dealkylation sites (tertiary alicyclic amines) is 1. The topological polar surface area (TPSA) is 69.7 Å². The molecule has 1 atom stereocenters. The summed E-state index contributed by atoms with van der Waals surface area (Å²) in [5, 5.41) is 3.18. The molecule has 1 aliphatic carbocycles. The van der Waals surface area contributed by atoms with Gasteiger partial charge in [0.1, 0.15) is 0 Å². The van der Waals surface area contributed by atoms with Crippen LogP contribution in [0.2, 0.25) is 0 Å². The number of amides is 3. The minimum atomic E-state index is -0.281. The molecule has 28 heavy (non-hydrogen) atoms. The number of carbonyl (C=O) groups excluding carboxylic acids is 3. The van der Waals surface area contributed by atoms with E-state index in [9.17, 15) is 14.4 Å². The van der Waals surface area contributed by atoms with Crippen LogP contribution in [0.25, 0.3) is 0 Å². The molecule has 3 aliphatic rings. The smallest absolute Gasteiger partial charge is 0.228 e. The Balaban J connectivity index is 1.28. The molecular weight excluding hydrogens is 354 g/mol. The summed E-state index contributed by atoms with van der Waals surface area (Å²) in [6.45, 7) is 1.67. The second kappa shape index (κ2) is 8.33. The van der Waals surface area contributed by atoms with E-state index in [4.69, 9.17) is 0 Å². The standard InChI is InChI=1S/C22H29N3O3/c26-20-14-17(15-25(20)19-8-2-1-3-9-19)22(28)24-12-10-16(11-13-24)21(27)23-18-6-4-5-7-18/h1-3,8-9,16-18H,4-7,10-15H2,(H,23,27)/t17-/m0/s1. The summed E-state index contributed by atoms with van der Waals surface area (Å²) in [6, 6.07) is 9.87. The van der Waals surface area contributed by atoms with Gasteiger partial charge in [-0.15, -0.1) is 0 Å². The van der Waals surface area contributed by atoms with Crippen molar-refractivity contribution >= 4 is 23.4 Å². The average molecular weight is 383 g/mol. The second-order valence-corrected chi connectivity index (χ2v) is 8.33. The molecule has 2 aliphatic heterocycles. The summed E-state index contributed by atoms with van der Waals surface area (Å²) in [5.41, 5.74) is 0.852. The highest BCUT2D eigenvalue weighted by Gasteiger charge is 2.38. The number of anilines is 1. The Hall–Kier alpha value is -2.37. The molecule has 150 valence electrons. The molecule has 2 heterocycles. The molecule has 6 nitrogen and oxygen atoms in total. The van der Waals surface area contributed by atoms with Crippen LogP contribution in [0.5, 0.6) is 0 Å². The first-order chi connectivity index (χ1) is 13.6. The van der Waals surface area contributed by atoms with Crippen molar-refractivity contribution in [3.05, 3.63) is 30.3 Å². The maximum Gasteiger partial charge on any atom is 0.228 e. The third kappa shape index (κ3) is 4.05. The van der Waals surface area contributed by atoms with E-state index in [-0.39, 0.29) is 36.0 Å². The highest BCUT2D eigenvalue weighted by Crippen LogP contribution is 2.28. The molecule has 0 radical (unpaired) electrons. The number of nitrogens with one attached hydrogen (secondary N) is 1. The number of para-hydroxylation sites is 1. The van der Waals surface area contributed by atoms with Crippen LogP contribution < -0.4 is 10.2 Å². The van der Waals surface area contributed by atoms with Crippen molar-refractivity contribution < 1.29 is 14.4 Å². The van der Waals surface area contributed by atoms with E-state index >= 15 is 0 Å². The molecule has 2 saturated heterocycles. The van der Waals surface area contributed by atoms with Crippen molar-refractivity contribution in [3.63, 3.8) is 0 Å². The summed E-state index contributed by atoms with van der Waals surface area (Å²) >= 11 is 0. The van der Waals surface area contributed by atoms with E-state index in [1.807, 2.05) is 35.2 Å². The summed E-state index contributed by atoms with van der Waals surface area (Å²) in [7, 11) is 0. The Morgan fingerprint density at radius 3 is 2.29 bits per heavy atom. The normalized spacial score (nSPS) is 24.0. The molecule has 0 aromatic heterocycles. The second-order valence-electron chi connectivity index (χ2n) is 8.33. The maximum atomic E-state index is 12.9. The Labute approximate surface area is 166 Å². The molecule has 6 heteroatoms. The molecule has 4 rings (SSSR count). The SMILES string of the molecule is O=C(NC1CCCC1)C1CCN(C(=O)[C@H]2CC(=O)N(c3ccccc3)C2)CC1. The Morgan fingerprint density at radius 2 is 1.61 bits per heavy atom. The highest BCUT2D eigenvalue weighted by molar-refractivity contribution is 6.00. The lowest BCUT2D eigenvalue weighted by atomic mass is 9.94. The molecule has 3 fully saturated rings. The van der Waals surface area contributed by atoms with Gasteiger partial charge < -0.3 is 15.1 Å². The van der Waals surface area contributed by atoms with Gasteiger partial charge in [-0.2, -0.15) is 0 Å². The van der Waals surface area contributed by atoms with Gasteiger partial charge in [0.05, 0.1) is 5.92 Å². The first kappa shape index (κ1) is 19.0. The third-order valence-corrected chi connectivity index (χ3v) is 6.42. The Kier molecular flexibility index (Phi) is 5.64. The van der Waals surface area contributed by atoms with Crippen LogP contribution in [0, 0.1) is 11.8 Å². The largest absolute Gasteiger partial charge is 0.353 e. The molecule has 1 aromatic rings. The van der Waals surface area contributed by atoms with Gasteiger partial charge in [0, 0.05) is 43.7 Å². The van der Waals surface area contributed by atoms with Gasteiger partial charge in [0.15, 0.2) is 0 Å². The van der Waals surface area contributed by atoms with E-state index in [0.29, 0.717) is 38.5 Å². The number of nitrogens with zero attached hydrogens (tertiary/aromatic N) is 2. The van der Waals surface area contributed by atoms with Crippen LogP contribution in [-0.4, -0.2) is 48.3 Å². The molecule has 1 aromatic carbocycles. The van der Waals surface area contributed by atoms with Crippen molar-refractivity contribution in [1.29, 1.82) is 0 Å². The molecule has 0 unspecified atom stereocenters. The molecule has 1 N–H and O–H groups in total. The van der Waals surface area contributed by atoms with Crippen LogP contribution in [0.3, 0.4) is 0 Å². The van der Waals surface area contributed by atoms with Gasteiger partial charge in [0.25, 0.3) is 0 Å². The first-order valence-corrected chi connectivity index (χ1v) is 10.6. The number of hydrogen-bond acceptors (Lipinski definition) is 3. The maximum absolute atomic E-state index is 12.9. The van der Waals surface area contributed by atoms with Crippen molar-refractivity contribution in [3.8, 4) is 0 Å². The lowest BCUT2D eigenvalue weighted by molar-refractivity contribution is -0.139. The van der Waals surface area contributed by atoms with Gasteiger partial charge in [-0.1, -0.05) is 31.0 Å². The number of piperidine rings is 1. The van der Waals surface area contributed by atoms with Crippen molar-refractivity contribution in [1.82, 2.24) is 10.2 Å². The summed E-state index contributed by atoms with van der Waals surface area (Å²) in [6.07, 6.45) is 6.31. The zero-order valence-electron chi connectivity index (χ0n) is 16.3. The van der Waals surface area contributed by atoms with E-state index in [0.717, 1.165) is 18.5 Å². The summed E-state index contributed by atoms with van der Waals surface area (Å²) in [5.74, 6) is -0.0469. The van der Waals surface area contributed by atoms with Crippen LogP contribution in [0.1, 0.15) is 44.9 Å². The Bertz CT molecular complexity index is 722. The summed E-state index contributed by atoms with van der Waals surface area (Å²) in [4.78, 5) is 41.3. The lowest BCUT2D eigenvalue weighted by Gasteiger charge is -2.33. The minimum absolute atomic E-state index is 0.00961. The summed E-state index contributed by atoms with van der Waals surface area (Å²) < 4.78 is 0.